The highest BCUT2D eigenvalue weighted by Gasteiger charge is 2.19. The Morgan fingerprint density at radius 3 is 2.65 bits per heavy atom. The Morgan fingerprint density at radius 1 is 1.30 bits per heavy atom. The number of rotatable bonds is 9. The largest absolute Gasteiger partial charge is 0.383 e. The zero-order chi connectivity index (χ0) is 15.0. The number of methoxy groups -OCH3 is 2. The monoisotopic (exact) mass is 284 g/mol. The van der Waals surface area contributed by atoms with Crippen LogP contribution in [0.5, 0.6) is 0 Å². The van der Waals surface area contributed by atoms with E-state index in [2.05, 4.69) is 11.8 Å². The second-order valence-corrected chi connectivity index (χ2v) is 4.77. The van der Waals surface area contributed by atoms with Crippen LogP contribution in [0.3, 0.4) is 0 Å². The first-order valence-electron chi connectivity index (χ1n) is 6.87. The predicted octanol–water partition coefficient (Wildman–Crippen LogP) is 1.81. The highest BCUT2D eigenvalue weighted by atomic mass is 19.1. The molecule has 114 valence electrons. The van der Waals surface area contributed by atoms with E-state index in [0.29, 0.717) is 38.3 Å². The maximum Gasteiger partial charge on any atom is 0.128 e. The average molecular weight is 284 g/mol. The van der Waals surface area contributed by atoms with E-state index in [1.807, 2.05) is 6.07 Å². The Labute approximate surface area is 120 Å². The van der Waals surface area contributed by atoms with Gasteiger partial charge in [0, 0.05) is 38.1 Å². The Bertz CT molecular complexity index is 401. The summed E-state index contributed by atoms with van der Waals surface area (Å²) in [4.78, 5) is 2.11. The van der Waals surface area contributed by atoms with Crippen molar-refractivity contribution >= 4 is 5.69 Å². The standard InChI is InChI=1S/C15H25FN2O2/c1-12(11-20-3)18(9-10-19-2)15-6-4-5-14(16)13(15)7-8-17/h4-6,12H,7-11,17H2,1-3H3. The molecule has 1 rings (SSSR count). The van der Waals surface area contributed by atoms with E-state index in [1.165, 1.54) is 6.07 Å². The van der Waals surface area contributed by atoms with Crippen molar-refractivity contribution < 1.29 is 13.9 Å². The number of ether oxygens (including phenoxy) is 2. The summed E-state index contributed by atoms with van der Waals surface area (Å²) in [5.41, 5.74) is 7.13. The third-order valence-electron chi connectivity index (χ3n) is 3.27. The molecule has 0 fully saturated rings. The van der Waals surface area contributed by atoms with Gasteiger partial charge in [-0.15, -0.1) is 0 Å². The van der Waals surface area contributed by atoms with Gasteiger partial charge in [0.15, 0.2) is 0 Å². The van der Waals surface area contributed by atoms with Crippen LogP contribution in [0.15, 0.2) is 18.2 Å². The summed E-state index contributed by atoms with van der Waals surface area (Å²) in [6, 6.07) is 5.26. The molecular formula is C15H25FN2O2. The van der Waals surface area contributed by atoms with Gasteiger partial charge in [-0.05, 0) is 32.0 Å². The lowest BCUT2D eigenvalue weighted by molar-refractivity contribution is 0.171. The van der Waals surface area contributed by atoms with Crippen LogP contribution < -0.4 is 10.6 Å². The normalized spacial score (nSPS) is 12.4. The van der Waals surface area contributed by atoms with Gasteiger partial charge in [0.05, 0.1) is 13.2 Å². The van der Waals surface area contributed by atoms with Gasteiger partial charge in [-0.3, -0.25) is 0 Å². The smallest absolute Gasteiger partial charge is 0.128 e. The van der Waals surface area contributed by atoms with E-state index in [4.69, 9.17) is 15.2 Å². The molecular weight excluding hydrogens is 259 g/mol. The van der Waals surface area contributed by atoms with Crippen molar-refractivity contribution in [2.24, 2.45) is 5.73 Å². The zero-order valence-electron chi connectivity index (χ0n) is 12.6. The quantitative estimate of drug-likeness (QED) is 0.751. The number of nitrogens with two attached hydrogens (primary N) is 1. The molecule has 0 spiro atoms. The summed E-state index contributed by atoms with van der Waals surface area (Å²) < 4.78 is 24.4. The van der Waals surface area contributed by atoms with Crippen LogP contribution in [-0.2, 0) is 15.9 Å². The van der Waals surface area contributed by atoms with Crippen LogP contribution in [0.2, 0.25) is 0 Å². The molecule has 5 heteroatoms. The summed E-state index contributed by atoms with van der Waals surface area (Å²) in [5.74, 6) is -0.208. The van der Waals surface area contributed by atoms with Gasteiger partial charge in [0.1, 0.15) is 5.82 Å². The highest BCUT2D eigenvalue weighted by Crippen LogP contribution is 2.25. The van der Waals surface area contributed by atoms with Gasteiger partial charge in [-0.2, -0.15) is 0 Å². The molecule has 20 heavy (non-hydrogen) atoms. The number of benzene rings is 1. The number of nitrogens with zero attached hydrogens (tertiary/aromatic N) is 1. The second kappa shape index (κ2) is 8.89. The molecule has 0 radical (unpaired) electrons. The molecule has 0 aromatic heterocycles. The van der Waals surface area contributed by atoms with Gasteiger partial charge < -0.3 is 20.1 Å². The third kappa shape index (κ3) is 4.44. The first-order chi connectivity index (χ1) is 9.65. The van der Waals surface area contributed by atoms with Gasteiger partial charge >= 0.3 is 0 Å². The fourth-order valence-electron chi connectivity index (χ4n) is 2.31. The molecule has 0 aliphatic heterocycles. The molecule has 4 nitrogen and oxygen atoms in total. The lowest BCUT2D eigenvalue weighted by Crippen LogP contribution is -2.39. The van der Waals surface area contributed by atoms with Crippen molar-refractivity contribution in [3.05, 3.63) is 29.6 Å². The summed E-state index contributed by atoms with van der Waals surface area (Å²) in [6.07, 6.45) is 0.519. The minimum absolute atomic E-state index is 0.133. The molecule has 0 heterocycles. The number of anilines is 1. The molecule has 2 N–H and O–H groups in total. The van der Waals surface area contributed by atoms with E-state index >= 15 is 0 Å². The predicted molar refractivity (Wildman–Crippen MR) is 79.7 cm³/mol. The lowest BCUT2D eigenvalue weighted by atomic mass is 10.1. The SMILES string of the molecule is COCCN(c1cccc(F)c1CCN)C(C)COC. The van der Waals surface area contributed by atoms with Crippen LogP contribution in [0, 0.1) is 5.82 Å². The van der Waals surface area contributed by atoms with Crippen molar-refractivity contribution in [1.82, 2.24) is 0 Å². The second-order valence-electron chi connectivity index (χ2n) is 4.77. The van der Waals surface area contributed by atoms with E-state index in [0.717, 1.165) is 5.69 Å². The lowest BCUT2D eigenvalue weighted by Gasteiger charge is -2.32. The Morgan fingerprint density at radius 2 is 2.05 bits per heavy atom. The Balaban J connectivity index is 3.08. The maximum absolute atomic E-state index is 14.0. The molecule has 0 amide bonds. The van der Waals surface area contributed by atoms with E-state index < -0.39 is 0 Å². The summed E-state index contributed by atoms with van der Waals surface area (Å²) in [6.45, 7) is 4.30. The van der Waals surface area contributed by atoms with Crippen LogP contribution in [-0.4, -0.2) is 46.6 Å². The molecule has 0 saturated heterocycles. The minimum Gasteiger partial charge on any atom is -0.383 e. The van der Waals surface area contributed by atoms with E-state index in [-0.39, 0.29) is 11.9 Å². The van der Waals surface area contributed by atoms with Crippen LogP contribution >= 0.6 is 0 Å². The molecule has 0 aliphatic rings. The zero-order valence-corrected chi connectivity index (χ0v) is 12.6. The first-order valence-corrected chi connectivity index (χ1v) is 6.87. The fourth-order valence-corrected chi connectivity index (χ4v) is 2.31. The van der Waals surface area contributed by atoms with Crippen molar-refractivity contribution in [2.75, 3.05) is 45.4 Å². The molecule has 1 aromatic rings. The topological polar surface area (TPSA) is 47.7 Å². The summed E-state index contributed by atoms with van der Waals surface area (Å²) in [5, 5.41) is 0. The van der Waals surface area contributed by atoms with Gasteiger partial charge in [0.2, 0.25) is 0 Å². The molecule has 1 aromatic carbocycles. The Hall–Kier alpha value is -1.17. The third-order valence-corrected chi connectivity index (χ3v) is 3.27. The molecule has 0 bridgehead atoms. The number of halogens is 1. The fraction of sp³-hybridized carbons (Fsp3) is 0.600. The molecule has 0 aliphatic carbocycles. The molecule has 1 unspecified atom stereocenters. The van der Waals surface area contributed by atoms with Gasteiger partial charge in [0.25, 0.3) is 0 Å². The van der Waals surface area contributed by atoms with Crippen LogP contribution in [0.1, 0.15) is 12.5 Å². The van der Waals surface area contributed by atoms with Gasteiger partial charge in [-0.1, -0.05) is 6.07 Å². The molecule has 1 atom stereocenters. The van der Waals surface area contributed by atoms with Crippen LogP contribution in [0.25, 0.3) is 0 Å². The van der Waals surface area contributed by atoms with E-state index in [1.54, 1.807) is 20.3 Å². The summed E-state index contributed by atoms with van der Waals surface area (Å²) in [7, 11) is 3.32. The highest BCUT2D eigenvalue weighted by molar-refractivity contribution is 5.55. The van der Waals surface area contributed by atoms with Gasteiger partial charge in [-0.25, -0.2) is 4.39 Å². The number of hydrogen-bond donors (Lipinski definition) is 1. The first kappa shape index (κ1) is 16.9. The van der Waals surface area contributed by atoms with Crippen LogP contribution in [0.4, 0.5) is 10.1 Å². The maximum atomic E-state index is 14.0. The average Bonchev–Trinajstić information content (AvgIpc) is 2.43. The van der Waals surface area contributed by atoms with Crippen molar-refractivity contribution in [3.63, 3.8) is 0 Å². The van der Waals surface area contributed by atoms with Crippen molar-refractivity contribution in [2.45, 2.75) is 19.4 Å². The summed E-state index contributed by atoms with van der Waals surface area (Å²) >= 11 is 0. The minimum atomic E-state index is -0.208. The van der Waals surface area contributed by atoms with Crippen molar-refractivity contribution in [1.29, 1.82) is 0 Å². The molecule has 0 saturated carbocycles. The Kier molecular flexibility index (Phi) is 7.51. The van der Waals surface area contributed by atoms with E-state index in [9.17, 15) is 4.39 Å². The number of hydrogen-bond acceptors (Lipinski definition) is 4. The van der Waals surface area contributed by atoms with Crippen molar-refractivity contribution in [3.8, 4) is 0 Å².